The van der Waals surface area contributed by atoms with Gasteiger partial charge in [-0.1, -0.05) is 6.92 Å². The average Bonchev–Trinajstić information content (AvgIpc) is 2.78. The first kappa shape index (κ1) is 15.1. The molecular formula is C13H25N3O2. The van der Waals surface area contributed by atoms with E-state index >= 15 is 0 Å². The zero-order valence-electron chi connectivity index (χ0n) is 11.7. The quantitative estimate of drug-likeness (QED) is 0.647. The number of hydrogen-bond acceptors (Lipinski definition) is 4. The van der Waals surface area contributed by atoms with Crippen molar-refractivity contribution in [2.24, 2.45) is 0 Å². The largest absolute Gasteiger partial charge is 0.352 e. The van der Waals surface area contributed by atoms with Gasteiger partial charge in [-0.15, -0.1) is 0 Å². The van der Waals surface area contributed by atoms with E-state index in [9.17, 15) is 0 Å². The fourth-order valence-corrected chi connectivity index (χ4v) is 1.78. The van der Waals surface area contributed by atoms with Crippen LogP contribution in [0.15, 0.2) is 12.3 Å². The molecule has 5 nitrogen and oxygen atoms in total. The van der Waals surface area contributed by atoms with Crippen LogP contribution >= 0.6 is 0 Å². The van der Waals surface area contributed by atoms with Crippen LogP contribution < -0.4 is 5.32 Å². The molecule has 18 heavy (non-hydrogen) atoms. The Hall–Kier alpha value is -0.910. The van der Waals surface area contributed by atoms with Gasteiger partial charge in [0.15, 0.2) is 6.29 Å². The third-order valence-electron chi connectivity index (χ3n) is 2.56. The number of rotatable bonds is 10. The van der Waals surface area contributed by atoms with E-state index in [1.807, 2.05) is 30.8 Å². The van der Waals surface area contributed by atoms with Crippen LogP contribution in [0.2, 0.25) is 0 Å². The van der Waals surface area contributed by atoms with Gasteiger partial charge in [-0.2, -0.15) is 5.10 Å². The van der Waals surface area contributed by atoms with Crippen molar-refractivity contribution in [1.29, 1.82) is 0 Å². The molecule has 0 amide bonds. The van der Waals surface area contributed by atoms with Crippen LogP contribution in [-0.4, -0.2) is 35.8 Å². The van der Waals surface area contributed by atoms with Crippen LogP contribution in [0, 0.1) is 0 Å². The first-order chi connectivity index (χ1) is 8.81. The third kappa shape index (κ3) is 5.16. The average molecular weight is 255 g/mol. The SMILES string of the molecule is CCCn1nccc1CNCC(OCC)OCC. The van der Waals surface area contributed by atoms with Crippen molar-refractivity contribution in [3.05, 3.63) is 18.0 Å². The molecule has 5 heteroatoms. The molecule has 0 saturated heterocycles. The minimum atomic E-state index is -0.164. The van der Waals surface area contributed by atoms with Crippen LogP contribution in [0.4, 0.5) is 0 Å². The molecule has 1 rings (SSSR count). The van der Waals surface area contributed by atoms with Gasteiger partial charge in [0.1, 0.15) is 0 Å². The highest BCUT2D eigenvalue weighted by molar-refractivity contribution is 4.99. The Labute approximate surface area is 109 Å². The van der Waals surface area contributed by atoms with Gasteiger partial charge in [0.2, 0.25) is 0 Å². The zero-order valence-corrected chi connectivity index (χ0v) is 11.7. The van der Waals surface area contributed by atoms with E-state index in [2.05, 4.69) is 17.3 Å². The summed E-state index contributed by atoms with van der Waals surface area (Å²) in [5, 5.41) is 7.64. The van der Waals surface area contributed by atoms with Crippen LogP contribution in [0.25, 0.3) is 0 Å². The predicted molar refractivity (Wildman–Crippen MR) is 71.3 cm³/mol. The van der Waals surface area contributed by atoms with Gasteiger partial charge in [-0.3, -0.25) is 4.68 Å². The lowest BCUT2D eigenvalue weighted by Gasteiger charge is -2.17. The lowest BCUT2D eigenvalue weighted by Crippen LogP contribution is -2.31. The fourth-order valence-electron chi connectivity index (χ4n) is 1.78. The molecule has 0 saturated carbocycles. The van der Waals surface area contributed by atoms with Crippen molar-refractivity contribution in [3.63, 3.8) is 0 Å². The predicted octanol–water partition coefficient (Wildman–Crippen LogP) is 1.78. The van der Waals surface area contributed by atoms with Gasteiger partial charge in [0, 0.05) is 39.0 Å². The Bertz CT molecular complexity index is 309. The monoisotopic (exact) mass is 255 g/mol. The Morgan fingerprint density at radius 1 is 1.28 bits per heavy atom. The van der Waals surface area contributed by atoms with E-state index in [1.165, 1.54) is 5.69 Å². The Morgan fingerprint density at radius 3 is 2.61 bits per heavy atom. The first-order valence-electron chi connectivity index (χ1n) is 6.76. The molecule has 1 aromatic rings. The Balaban J connectivity index is 2.32. The van der Waals surface area contributed by atoms with Gasteiger partial charge >= 0.3 is 0 Å². The number of hydrogen-bond donors (Lipinski definition) is 1. The molecule has 0 aromatic carbocycles. The number of nitrogens with one attached hydrogen (secondary N) is 1. The van der Waals surface area contributed by atoms with E-state index < -0.39 is 0 Å². The van der Waals surface area contributed by atoms with Gasteiger partial charge in [-0.05, 0) is 26.3 Å². The second kappa shape index (κ2) is 9.08. The number of aromatic nitrogens is 2. The van der Waals surface area contributed by atoms with Crippen molar-refractivity contribution in [1.82, 2.24) is 15.1 Å². The second-order valence-electron chi connectivity index (χ2n) is 4.02. The molecule has 0 atom stereocenters. The highest BCUT2D eigenvalue weighted by Gasteiger charge is 2.08. The standard InChI is InChI=1S/C13H25N3O2/c1-4-9-16-12(7-8-15-16)10-14-11-13(17-5-2)18-6-3/h7-8,13-14H,4-6,9-11H2,1-3H3. The molecule has 1 heterocycles. The summed E-state index contributed by atoms with van der Waals surface area (Å²) in [5.74, 6) is 0. The number of aryl methyl sites for hydroxylation is 1. The van der Waals surface area contributed by atoms with E-state index in [0.29, 0.717) is 19.8 Å². The highest BCUT2D eigenvalue weighted by atomic mass is 16.7. The van der Waals surface area contributed by atoms with E-state index in [-0.39, 0.29) is 6.29 Å². The maximum Gasteiger partial charge on any atom is 0.169 e. The van der Waals surface area contributed by atoms with Crippen LogP contribution in [0.3, 0.4) is 0 Å². The van der Waals surface area contributed by atoms with Crippen LogP contribution in [0.1, 0.15) is 32.9 Å². The minimum Gasteiger partial charge on any atom is -0.352 e. The molecule has 0 unspecified atom stereocenters. The molecule has 0 radical (unpaired) electrons. The summed E-state index contributed by atoms with van der Waals surface area (Å²) in [6.45, 7) is 9.88. The van der Waals surface area contributed by atoms with E-state index in [4.69, 9.17) is 9.47 Å². The molecule has 1 N–H and O–H groups in total. The normalized spacial score (nSPS) is 11.3. The third-order valence-corrected chi connectivity index (χ3v) is 2.56. The van der Waals surface area contributed by atoms with Crippen LogP contribution in [0.5, 0.6) is 0 Å². The molecule has 0 spiro atoms. The van der Waals surface area contributed by atoms with Gasteiger partial charge in [0.05, 0.1) is 5.69 Å². The summed E-state index contributed by atoms with van der Waals surface area (Å²) in [6.07, 6.45) is 2.77. The Kier molecular flexibility index (Phi) is 7.64. The maximum absolute atomic E-state index is 5.47. The van der Waals surface area contributed by atoms with Crippen LogP contribution in [-0.2, 0) is 22.6 Å². The first-order valence-corrected chi connectivity index (χ1v) is 6.76. The molecule has 1 aromatic heterocycles. The molecule has 0 bridgehead atoms. The molecule has 0 aliphatic rings. The smallest absolute Gasteiger partial charge is 0.169 e. The fraction of sp³-hybridized carbons (Fsp3) is 0.769. The second-order valence-corrected chi connectivity index (χ2v) is 4.02. The summed E-state index contributed by atoms with van der Waals surface area (Å²) in [7, 11) is 0. The van der Waals surface area contributed by atoms with E-state index in [0.717, 1.165) is 19.5 Å². The maximum atomic E-state index is 5.47. The summed E-state index contributed by atoms with van der Waals surface area (Å²) >= 11 is 0. The van der Waals surface area contributed by atoms with Crippen molar-refractivity contribution in [2.75, 3.05) is 19.8 Å². The lowest BCUT2D eigenvalue weighted by molar-refractivity contribution is -0.133. The minimum absolute atomic E-state index is 0.164. The summed E-state index contributed by atoms with van der Waals surface area (Å²) in [6, 6.07) is 2.04. The lowest BCUT2D eigenvalue weighted by atomic mass is 10.4. The summed E-state index contributed by atoms with van der Waals surface area (Å²) in [4.78, 5) is 0. The van der Waals surface area contributed by atoms with Gasteiger partial charge in [0.25, 0.3) is 0 Å². The molecular weight excluding hydrogens is 230 g/mol. The Morgan fingerprint density at radius 2 is 2.00 bits per heavy atom. The summed E-state index contributed by atoms with van der Waals surface area (Å²) in [5.41, 5.74) is 1.20. The highest BCUT2D eigenvalue weighted by Crippen LogP contribution is 2.00. The topological polar surface area (TPSA) is 48.3 Å². The van der Waals surface area contributed by atoms with Crippen molar-refractivity contribution < 1.29 is 9.47 Å². The molecule has 0 aliphatic heterocycles. The van der Waals surface area contributed by atoms with Crippen molar-refractivity contribution in [3.8, 4) is 0 Å². The number of nitrogens with zero attached hydrogens (tertiary/aromatic N) is 2. The zero-order chi connectivity index (χ0) is 13.2. The molecule has 0 fully saturated rings. The number of ether oxygens (including phenoxy) is 2. The molecule has 0 aliphatic carbocycles. The van der Waals surface area contributed by atoms with Crippen molar-refractivity contribution >= 4 is 0 Å². The molecule has 104 valence electrons. The van der Waals surface area contributed by atoms with Crippen molar-refractivity contribution in [2.45, 2.75) is 46.6 Å². The summed E-state index contributed by atoms with van der Waals surface area (Å²) < 4.78 is 13.0. The van der Waals surface area contributed by atoms with Gasteiger partial charge in [-0.25, -0.2) is 0 Å². The van der Waals surface area contributed by atoms with E-state index in [1.54, 1.807) is 0 Å². The van der Waals surface area contributed by atoms with Gasteiger partial charge < -0.3 is 14.8 Å².